The molecule has 0 bridgehead atoms. The van der Waals surface area contributed by atoms with E-state index in [-0.39, 0.29) is 11.8 Å². The summed E-state index contributed by atoms with van der Waals surface area (Å²) in [5.41, 5.74) is 3.34. The predicted octanol–water partition coefficient (Wildman–Crippen LogP) is 3.68. The summed E-state index contributed by atoms with van der Waals surface area (Å²) in [6, 6.07) is 8.09. The van der Waals surface area contributed by atoms with Gasteiger partial charge in [0.05, 0.1) is 23.3 Å². The smallest absolute Gasteiger partial charge is 0.0997 e. The zero-order valence-corrected chi connectivity index (χ0v) is 10.2. The average molecular weight is 212 g/mol. The maximum absolute atomic E-state index is 9.23. The molecule has 82 valence electrons. The van der Waals surface area contributed by atoms with Crippen molar-refractivity contribution in [2.45, 2.75) is 39.5 Å². The normalized spacial score (nSPS) is 10.2. The van der Waals surface area contributed by atoms with Crippen LogP contribution in [0.2, 0.25) is 0 Å². The van der Waals surface area contributed by atoms with Gasteiger partial charge in [0.1, 0.15) is 0 Å². The van der Waals surface area contributed by atoms with Crippen LogP contribution in [0.25, 0.3) is 0 Å². The van der Waals surface area contributed by atoms with Crippen molar-refractivity contribution in [3.8, 4) is 12.1 Å². The quantitative estimate of drug-likeness (QED) is 0.750. The molecule has 0 saturated carbocycles. The molecule has 0 fully saturated rings. The Balaban J connectivity index is 3.56. The van der Waals surface area contributed by atoms with Crippen molar-refractivity contribution in [2.24, 2.45) is 0 Å². The molecule has 0 unspecified atom stereocenters. The van der Waals surface area contributed by atoms with Crippen LogP contribution in [0.1, 0.15) is 61.8 Å². The lowest BCUT2D eigenvalue weighted by molar-refractivity contribution is 0.826. The highest BCUT2D eigenvalue weighted by Crippen LogP contribution is 2.28. The summed E-state index contributed by atoms with van der Waals surface area (Å²) < 4.78 is 0. The molecule has 1 aromatic carbocycles. The first kappa shape index (κ1) is 12.3. The first-order valence-corrected chi connectivity index (χ1v) is 5.49. The number of nitriles is 2. The third kappa shape index (κ3) is 2.23. The van der Waals surface area contributed by atoms with Gasteiger partial charge in [0.15, 0.2) is 0 Å². The second-order valence-electron chi connectivity index (χ2n) is 4.56. The van der Waals surface area contributed by atoms with Crippen molar-refractivity contribution in [1.82, 2.24) is 0 Å². The fourth-order valence-electron chi connectivity index (χ4n) is 1.79. The molecule has 1 rings (SSSR count). The summed E-state index contributed by atoms with van der Waals surface area (Å²) in [7, 11) is 0. The van der Waals surface area contributed by atoms with E-state index in [1.54, 1.807) is 0 Å². The first-order chi connectivity index (χ1) is 7.51. The SMILES string of the molecule is CC(C)c1cc(C#N)cc(C(C)C)c1C#N. The summed E-state index contributed by atoms with van der Waals surface area (Å²) in [4.78, 5) is 0. The van der Waals surface area contributed by atoms with Gasteiger partial charge in [-0.05, 0) is 35.1 Å². The van der Waals surface area contributed by atoms with E-state index in [1.807, 2.05) is 39.8 Å². The Morgan fingerprint density at radius 1 is 0.875 bits per heavy atom. The van der Waals surface area contributed by atoms with Gasteiger partial charge in [-0.15, -0.1) is 0 Å². The second-order valence-corrected chi connectivity index (χ2v) is 4.56. The summed E-state index contributed by atoms with van der Waals surface area (Å²) in [6.07, 6.45) is 0. The molecule has 0 radical (unpaired) electrons. The number of hydrogen-bond acceptors (Lipinski definition) is 2. The molecule has 2 nitrogen and oxygen atoms in total. The van der Waals surface area contributed by atoms with E-state index in [1.165, 1.54) is 0 Å². The van der Waals surface area contributed by atoms with Gasteiger partial charge in [0.25, 0.3) is 0 Å². The summed E-state index contributed by atoms with van der Waals surface area (Å²) in [6.45, 7) is 8.17. The molecule has 0 aliphatic carbocycles. The molecule has 0 amide bonds. The Hall–Kier alpha value is -1.80. The number of benzene rings is 1. The Morgan fingerprint density at radius 2 is 1.31 bits per heavy atom. The summed E-state index contributed by atoms with van der Waals surface area (Å²) >= 11 is 0. The number of rotatable bonds is 2. The van der Waals surface area contributed by atoms with Crippen molar-refractivity contribution >= 4 is 0 Å². The van der Waals surface area contributed by atoms with E-state index in [4.69, 9.17) is 5.26 Å². The molecule has 2 heteroatoms. The van der Waals surface area contributed by atoms with E-state index in [9.17, 15) is 5.26 Å². The Labute approximate surface area is 97.1 Å². The predicted molar refractivity (Wildman–Crippen MR) is 64.1 cm³/mol. The van der Waals surface area contributed by atoms with Gasteiger partial charge >= 0.3 is 0 Å². The lowest BCUT2D eigenvalue weighted by Gasteiger charge is -2.15. The van der Waals surface area contributed by atoms with Gasteiger partial charge < -0.3 is 0 Å². The van der Waals surface area contributed by atoms with Crippen LogP contribution in [-0.2, 0) is 0 Å². The van der Waals surface area contributed by atoms with Crippen molar-refractivity contribution in [3.63, 3.8) is 0 Å². The van der Waals surface area contributed by atoms with Crippen LogP contribution in [0.15, 0.2) is 12.1 Å². The maximum atomic E-state index is 9.23. The third-order valence-corrected chi connectivity index (χ3v) is 2.68. The minimum absolute atomic E-state index is 0.264. The molecular weight excluding hydrogens is 196 g/mol. The molecule has 0 heterocycles. The van der Waals surface area contributed by atoms with Crippen LogP contribution in [0.5, 0.6) is 0 Å². The molecule has 0 aromatic heterocycles. The summed E-state index contributed by atoms with van der Waals surface area (Å²) in [5.74, 6) is 0.529. The van der Waals surface area contributed by atoms with Gasteiger partial charge in [0, 0.05) is 0 Å². The highest BCUT2D eigenvalue weighted by Gasteiger charge is 2.15. The van der Waals surface area contributed by atoms with Crippen LogP contribution < -0.4 is 0 Å². The van der Waals surface area contributed by atoms with E-state index < -0.39 is 0 Å². The van der Waals surface area contributed by atoms with Crippen molar-refractivity contribution in [3.05, 3.63) is 34.4 Å². The fraction of sp³-hybridized carbons (Fsp3) is 0.429. The number of hydrogen-bond donors (Lipinski definition) is 0. The Kier molecular flexibility index (Phi) is 3.69. The lowest BCUT2D eigenvalue weighted by Crippen LogP contribution is -2.01. The number of nitrogens with zero attached hydrogens (tertiary/aromatic N) is 2. The second kappa shape index (κ2) is 4.81. The zero-order chi connectivity index (χ0) is 12.3. The topological polar surface area (TPSA) is 47.6 Å². The standard InChI is InChI=1S/C14H16N2/c1-9(2)12-5-11(7-15)6-13(10(3)4)14(12)8-16/h5-6,9-10H,1-4H3. The van der Waals surface area contributed by atoms with Crippen molar-refractivity contribution in [2.75, 3.05) is 0 Å². The van der Waals surface area contributed by atoms with E-state index in [2.05, 4.69) is 12.1 Å². The molecular formula is C14H16N2. The van der Waals surface area contributed by atoms with Gasteiger partial charge in [0.2, 0.25) is 0 Å². The molecule has 0 aliphatic heterocycles. The molecule has 16 heavy (non-hydrogen) atoms. The maximum Gasteiger partial charge on any atom is 0.0997 e. The van der Waals surface area contributed by atoms with Gasteiger partial charge in [-0.2, -0.15) is 10.5 Å². The zero-order valence-electron chi connectivity index (χ0n) is 10.2. The van der Waals surface area contributed by atoms with Gasteiger partial charge in [-0.25, -0.2) is 0 Å². The molecule has 0 spiro atoms. The monoisotopic (exact) mass is 212 g/mol. The van der Waals surface area contributed by atoms with Crippen LogP contribution in [0.3, 0.4) is 0 Å². The van der Waals surface area contributed by atoms with Gasteiger partial charge in [-0.3, -0.25) is 0 Å². The van der Waals surface area contributed by atoms with E-state index in [0.29, 0.717) is 5.56 Å². The van der Waals surface area contributed by atoms with Gasteiger partial charge in [-0.1, -0.05) is 27.7 Å². The highest BCUT2D eigenvalue weighted by molar-refractivity contribution is 5.52. The average Bonchev–Trinajstić information content (AvgIpc) is 2.26. The first-order valence-electron chi connectivity index (χ1n) is 5.49. The third-order valence-electron chi connectivity index (χ3n) is 2.68. The molecule has 0 saturated heterocycles. The van der Waals surface area contributed by atoms with Crippen molar-refractivity contribution < 1.29 is 0 Å². The van der Waals surface area contributed by atoms with Crippen LogP contribution in [-0.4, -0.2) is 0 Å². The Morgan fingerprint density at radius 3 is 1.56 bits per heavy atom. The van der Waals surface area contributed by atoms with Crippen LogP contribution in [0, 0.1) is 22.7 Å². The minimum atomic E-state index is 0.264. The molecule has 0 atom stereocenters. The van der Waals surface area contributed by atoms with Crippen molar-refractivity contribution in [1.29, 1.82) is 10.5 Å². The minimum Gasteiger partial charge on any atom is -0.192 e. The van der Waals surface area contributed by atoms with Crippen LogP contribution in [0.4, 0.5) is 0 Å². The summed E-state index contributed by atoms with van der Waals surface area (Å²) in [5, 5.41) is 18.2. The fourth-order valence-corrected chi connectivity index (χ4v) is 1.79. The Bertz CT molecular complexity index is 441. The van der Waals surface area contributed by atoms with E-state index in [0.717, 1.165) is 16.7 Å². The largest absolute Gasteiger partial charge is 0.192 e. The highest BCUT2D eigenvalue weighted by atomic mass is 14.3. The molecule has 0 aliphatic rings. The van der Waals surface area contributed by atoms with Crippen LogP contribution >= 0.6 is 0 Å². The molecule has 0 N–H and O–H groups in total. The van der Waals surface area contributed by atoms with E-state index >= 15 is 0 Å². The lowest BCUT2D eigenvalue weighted by atomic mass is 9.87. The molecule has 1 aromatic rings.